The number of nitrogens with one attached hydrogen (secondary N) is 1. The van der Waals surface area contributed by atoms with Crippen LogP contribution in [0.4, 0.5) is 0 Å². The molecule has 0 unspecified atom stereocenters. The fourth-order valence-corrected chi connectivity index (χ4v) is 3.87. The summed E-state index contributed by atoms with van der Waals surface area (Å²) in [6.07, 6.45) is -0.185. The minimum Gasteiger partial charge on any atom is -0.486 e. The van der Waals surface area contributed by atoms with E-state index in [1.165, 1.54) is 11.3 Å². The van der Waals surface area contributed by atoms with Crippen molar-refractivity contribution in [2.24, 2.45) is 0 Å². The fraction of sp³-hybridized carbons (Fsp3) is 0.214. The highest BCUT2D eigenvalue weighted by molar-refractivity contribution is 9.13. The molecular weight excluding hydrogens is 422 g/mol. The zero-order valence-corrected chi connectivity index (χ0v) is 14.8. The summed E-state index contributed by atoms with van der Waals surface area (Å²) in [7, 11) is 0. The van der Waals surface area contributed by atoms with Gasteiger partial charge in [-0.2, -0.15) is 0 Å². The number of para-hydroxylation sites is 2. The number of rotatable bonds is 3. The van der Waals surface area contributed by atoms with Crippen LogP contribution in [0.3, 0.4) is 0 Å². The van der Waals surface area contributed by atoms with Crippen LogP contribution in [0, 0.1) is 0 Å². The van der Waals surface area contributed by atoms with Crippen LogP contribution in [0.1, 0.15) is 9.67 Å². The van der Waals surface area contributed by atoms with Crippen LogP contribution in [0.15, 0.2) is 38.6 Å². The smallest absolute Gasteiger partial charge is 0.261 e. The number of hydrogen-bond acceptors (Lipinski definition) is 4. The third-order valence-electron chi connectivity index (χ3n) is 2.93. The van der Waals surface area contributed by atoms with E-state index in [0.29, 0.717) is 23.8 Å². The van der Waals surface area contributed by atoms with E-state index in [2.05, 4.69) is 37.2 Å². The lowest BCUT2D eigenvalue weighted by Gasteiger charge is -2.26. The second-order valence-corrected chi connectivity index (χ2v) is 7.66. The Bertz CT molecular complexity index is 654. The maximum Gasteiger partial charge on any atom is 0.261 e. The molecule has 0 fully saturated rings. The van der Waals surface area contributed by atoms with Gasteiger partial charge in [-0.3, -0.25) is 4.79 Å². The summed E-state index contributed by atoms with van der Waals surface area (Å²) in [5.74, 6) is 1.34. The lowest BCUT2D eigenvalue weighted by Crippen LogP contribution is -2.40. The van der Waals surface area contributed by atoms with Gasteiger partial charge in [0.25, 0.3) is 5.91 Å². The van der Waals surface area contributed by atoms with Crippen LogP contribution in [-0.4, -0.2) is 25.2 Å². The Hall–Kier alpha value is -1.05. The molecule has 1 aliphatic heterocycles. The summed E-state index contributed by atoms with van der Waals surface area (Å²) >= 11 is 8.13. The predicted molar refractivity (Wildman–Crippen MR) is 88.4 cm³/mol. The Morgan fingerprint density at radius 2 is 2.10 bits per heavy atom. The van der Waals surface area contributed by atoms with E-state index in [9.17, 15) is 4.79 Å². The van der Waals surface area contributed by atoms with E-state index in [-0.39, 0.29) is 12.0 Å². The van der Waals surface area contributed by atoms with Crippen LogP contribution in [0.5, 0.6) is 11.5 Å². The van der Waals surface area contributed by atoms with Crippen LogP contribution in [0.25, 0.3) is 0 Å². The topological polar surface area (TPSA) is 47.6 Å². The lowest BCUT2D eigenvalue weighted by atomic mass is 10.2. The first-order chi connectivity index (χ1) is 10.1. The summed E-state index contributed by atoms with van der Waals surface area (Å²) in [5.41, 5.74) is 0. The van der Waals surface area contributed by atoms with E-state index in [4.69, 9.17) is 9.47 Å². The summed E-state index contributed by atoms with van der Waals surface area (Å²) in [6, 6.07) is 9.31. The van der Waals surface area contributed by atoms with Gasteiger partial charge in [0.2, 0.25) is 0 Å². The number of carbonyl (C=O) groups is 1. The molecule has 2 aromatic rings. The molecule has 21 heavy (non-hydrogen) atoms. The van der Waals surface area contributed by atoms with E-state index < -0.39 is 0 Å². The van der Waals surface area contributed by atoms with Crippen molar-refractivity contribution >= 4 is 49.1 Å². The number of carbonyl (C=O) groups excluding carboxylic acids is 1. The maximum atomic E-state index is 12.1. The van der Waals surface area contributed by atoms with Crippen LogP contribution in [-0.2, 0) is 0 Å². The van der Waals surface area contributed by atoms with E-state index >= 15 is 0 Å². The number of ether oxygens (including phenoxy) is 2. The quantitative estimate of drug-likeness (QED) is 0.801. The lowest BCUT2D eigenvalue weighted by molar-refractivity contribution is 0.0791. The Balaban J connectivity index is 1.58. The first kappa shape index (κ1) is 14.9. The molecule has 0 aliphatic carbocycles. The maximum absolute atomic E-state index is 12.1. The molecule has 0 spiro atoms. The zero-order chi connectivity index (χ0) is 14.8. The van der Waals surface area contributed by atoms with Gasteiger partial charge in [0, 0.05) is 4.47 Å². The average Bonchev–Trinajstić information content (AvgIpc) is 2.84. The molecule has 0 saturated carbocycles. The number of fused-ring (bicyclic) bond motifs is 1. The molecule has 1 amide bonds. The van der Waals surface area contributed by atoms with Gasteiger partial charge >= 0.3 is 0 Å². The van der Waals surface area contributed by atoms with Crippen molar-refractivity contribution in [1.82, 2.24) is 5.32 Å². The summed E-state index contributed by atoms with van der Waals surface area (Å²) in [5, 5.41) is 2.86. The number of hydrogen-bond donors (Lipinski definition) is 1. The largest absolute Gasteiger partial charge is 0.486 e. The molecule has 1 aliphatic rings. The minimum absolute atomic E-state index is 0.117. The number of benzene rings is 1. The highest BCUT2D eigenvalue weighted by Crippen LogP contribution is 2.32. The Kier molecular flexibility index (Phi) is 4.51. The summed E-state index contributed by atoms with van der Waals surface area (Å²) in [6.45, 7) is 0.829. The van der Waals surface area contributed by atoms with Crippen LogP contribution < -0.4 is 14.8 Å². The molecular formula is C14H11Br2NO3S. The van der Waals surface area contributed by atoms with Crippen molar-refractivity contribution in [3.8, 4) is 11.5 Å². The third-order valence-corrected chi connectivity index (χ3v) is 6.18. The molecule has 1 aromatic heterocycles. The molecule has 1 atom stereocenters. The Morgan fingerprint density at radius 3 is 2.81 bits per heavy atom. The van der Waals surface area contributed by atoms with Crippen molar-refractivity contribution in [3.63, 3.8) is 0 Å². The van der Waals surface area contributed by atoms with Gasteiger partial charge in [-0.15, -0.1) is 11.3 Å². The monoisotopic (exact) mass is 431 g/mol. The molecule has 0 radical (unpaired) electrons. The molecule has 2 heterocycles. The molecule has 7 heteroatoms. The van der Waals surface area contributed by atoms with Gasteiger partial charge in [-0.05, 0) is 50.1 Å². The second kappa shape index (κ2) is 6.37. The fourth-order valence-electron chi connectivity index (χ4n) is 1.92. The molecule has 1 aromatic carbocycles. The molecule has 0 saturated heterocycles. The third kappa shape index (κ3) is 3.41. The molecule has 4 nitrogen and oxygen atoms in total. The van der Waals surface area contributed by atoms with E-state index in [1.807, 2.05) is 24.3 Å². The van der Waals surface area contributed by atoms with Gasteiger partial charge in [0.05, 0.1) is 15.2 Å². The number of amides is 1. The molecule has 3 rings (SSSR count). The molecule has 1 N–H and O–H groups in total. The van der Waals surface area contributed by atoms with Crippen molar-refractivity contribution in [1.29, 1.82) is 0 Å². The van der Waals surface area contributed by atoms with Crippen molar-refractivity contribution < 1.29 is 14.3 Å². The number of thiophene rings is 1. The van der Waals surface area contributed by atoms with Crippen LogP contribution in [0.2, 0.25) is 0 Å². The van der Waals surface area contributed by atoms with Gasteiger partial charge in [0.1, 0.15) is 12.7 Å². The van der Waals surface area contributed by atoms with Crippen molar-refractivity contribution in [2.45, 2.75) is 6.10 Å². The average molecular weight is 433 g/mol. The highest BCUT2D eigenvalue weighted by Gasteiger charge is 2.21. The SMILES string of the molecule is O=C(NC[C@H]1COc2ccccc2O1)c1cc(Br)c(Br)s1. The minimum atomic E-state index is -0.185. The normalized spacial score (nSPS) is 16.6. The van der Waals surface area contributed by atoms with E-state index in [1.54, 1.807) is 6.07 Å². The first-order valence-electron chi connectivity index (χ1n) is 6.25. The predicted octanol–water partition coefficient (Wildman–Crippen LogP) is 3.84. The van der Waals surface area contributed by atoms with E-state index in [0.717, 1.165) is 14.0 Å². The van der Waals surface area contributed by atoms with Crippen molar-refractivity contribution in [2.75, 3.05) is 13.2 Å². The first-order valence-corrected chi connectivity index (χ1v) is 8.65. The van der Waals surface area contributed by atoms with Gasteiger partial charge < -0.3 is 14.8 Å². The zero-order valence-electron chi connectivity index (χ0n) is 10.8. The Labute approximate surface area is 142 Å². The second-order valence-electron chi connectivity index (χ2n) is 4.44. The van der Waals surface area contributed by atoms with Gasteiger partial charge in [-0.25, -0.2) is 0 Å². The molecule has 110 valence electrons. The van der Waals surface area contributed by atoms with Crippen LogP contribution >= 0.6 is 43.2 Å². The summed E-state index contributed by atoms with van der Waals surface area (Å²) in [4.78, 5) is 12.7. The number of halogens is 2. The van der Waals surface area contributed by atoms with Gasteiger partial charge in [0.15, 0.2) is 11.5 Å². The van der Waals surface area contributed by atoms with Gasteiger partial charge in [-0.1, -0.05) is 12.1 Å². The van der Waals surface area contributed by atoms with Crippen molar-refractivity contribution in [3.05, 3.63) is 43.5 Å². The molecule has 0 bridgehead atoms. The standard InChI is InChI=1S/C14H11Br2NO3S/c15-9-5-12(21-13(9)16)14(18)17-6-8-7-19-10-3-1-2-4-11(10)20-8/h1-5,8H,6-7H2,(H,17,18)/t8-/m0/s1. The Morgan fingerprint density at radius 1 is 1.33 bits per heavy atom. The highest BCUT2D eigenvalue weighted by atomic mass is 79.9. The summed E-state index contributed by atoms with van der Waals surface area (Å²) < 4.78 is 13.2.